The first-order valence-electron chi connectivity index (χ1n) is 21.2. The largest absolute Gasteiger partial charge is 0.455 e. The van der Waals surface area contributed by atoms with Crippen LogP contribution in [0, 0.1) is 0 Å². The summed E-state index contributed by atoms with van der Waals surface area (Å²) in [5.41, 5.74) is 11.7. The highest BCUT2D eigenvalue weighted by molar-refractivity contribution is 7.25. The number of para-hydroxylation sites is 3. The molecule has 294 valence electrons. The van der Waals surface area contributed by atoms with E-state index < -0.39 is 0 Å². The lowest BCUT2D eigenvalue weighted by Gasteiger charge is -2.12. The summed E-state index contributed by atoms with van der Waals surface area (Å²) in [6.45, 7) is 0. The minimum Gasteiger partial charge on any atom is -0.455 e. The third kappa shape index (κ3) is 4.99. The second-order valence-corrected chi connectivity index (χ2v) is 17.3. The summed E-state index contributed by atoms with van der Waals surface area (Å²) in [7, 11) is 0. The van der Waals surface area contributed by atoms with Crippen molar-refractivity contribution in [3.05, 3.63) is 200 Å². The lowest BCUT2D eigenvalue weighted by atomic mass is 10.1. The maximum Gasteiger partial charge on any atom is 0.168 e. The smallest absolute Gasteiger partial charge is 0.168 e. The predicted octanol–water partition coefficient (Wildman–Crippen LogP) is 15.1. The van der Waals surface area contributed by atoms with Crippen LogP contribution in [0.15, 0.2) is 205 Å². The molecule has 5 aromatic heterocycles. The lowest BCUT2D eigenvalue weighted by molar-refractivity contribution is 0.673. The average molecular weight is 824 g/mol. The standard InChI is InChI=1S/C56H33N5OS/c1-3-13-34(14-4-1)55-57-58-56(35-15-5-2-6-16-35)61(55)38-23-27-48-43(31-38)39-17-7-10-20-46(39)59(48)36-24-29-51-44(32-36)45-33-37(25-30-52(45)63-51)60-47-21-11-8-19-42(47)53-49(60)28-26-41-40-18-9-12-22-50(40)62-54(41)53/h1-33H. The zero-order chi connectivity index (χ0) is 41.2. The molecule has 14 aromatic rings. The molecule has 0 bridgehead atoms. The van der Waals surface area contributed by atoms with Crippen molar-refractivity contribution in [2.45, 2.75) is 0 Å². The van der Waals surface area contributed by atoms with Crippen LogP contribution in [-0.4, -0.2) is 23.9 Å². The molecule has 0 unspecified atom stereocenters. The molecule has 0 saturated heterocycles. The molecule has 0 radical (unpaired) electrons. The van der Waals surface area contributed by atoms with Crippen LogP contribution in [0.4, 0.5) is 0 Å². The van der Waals surface area contributed by atoms with Crippen LogP contribution in [-0.2, 0) is 0 Å². The Hall–Kier alpha value is -8.26. The minimum atomic E-state index is 0.801. The number of aromatic nitrogens is 5. The van der Waals surface area contributed by atoms with Gasteiger partial charge < -0.3 is 13.6 Å². The summed E-state index contributed by atoms with van der Waals surface area (Å²) >= 11 is 1.84. The van der Waals surface area contributed by atoms with Gasteiger partial charge in [0, 0.05) is 69.6 Å². The molecule has 7 heteroatoms. The minimum absolute atomic E-state index is 0.801. The van der Waals surface area contributed by atoms with E-state index in [2.05, 4.69) is 171 Å². The van der Waals surface area contributed by atoms with Gasteiger partial charge in [0.1, 0.15) is 11.2 Å². The fourth-order valence-corrected chi connectivity index (χ4v) is 11.1. The summed E-state index contributed by atoms with van der Waals surface area (Å²) in [6, 6.07) is 71.5. The predicted molar refractivity (Wildman–Crippen MR) is 261 cm³/mol. The van der Waals surface area contributed by atoms with Crippen molar-refractivity contribution in [1.82, 2.24) is 23.9 Å². The Morgan fingerprint density at radius 2 is 0.841 bits per heavy atom. The quantitative estimate of drug-likeness (QED) is 0.174. The van der Waals surface area contributed by atoms with Crippen LogP contribution >= 0.6 is 11.3 Å². The molecule has 0 aliphatic carbocycles. The Labute approximate surface area is 363 Å². The Balaban J connectivity index is 0.952. The van der Waals surface area contributed by atoms with E-state index in [1.807, 2.05) is 53.8 Å². The summed E-state index contributed by atoms with van der Waals surface area (Å²) in [6.07, 6.45) is 0. The first kappa shape index (κ1) is 34.5. The second-order valence-electron chi connectivity index (χ2n) is 16.2. The normalized spacial score (nSPS) is 12.1. The number of benzene rings is 9. The Morgan fingerprint density at radius 3 is 1.52 bits per heavy atom. The summed E-state index contributed by atoms with van der Waals surface area (Å²) in [5, 5.41) is 18.9. The lowest BCUT2D eigenvalue weighted by Crippen LogP contribution is -2.00. The molecule has 14 rings (SSSR count). The highest BCUT2D eigenvalue weighted by Gasteiger charge is 2.22. The van der Waals surface area contributed by atoms with Crippen molar-refractivity contribution in [3.8, 4) is 39.8 Å². The zero-order valence-corrected chi connectivity index (χ0v) is 34.4. The number of thiophene rings is 1. The van der Waals surface area contributed by atoms with E-state index in [9.17, 15) is 0 Å². The SMILES string of the molecule is c1ccc(-c2nnc(-c3ccccc3)n2-c2ccc3c(c2)c2ccccc2n3-c2ccc3sc4ccc(-n5c6ccccc6c6c7oc8ccccc8c7ccc65)cc4c3c2)cc1. The van der Waals surface area contributed by atoms with Crippen LogP contribution in [0.25, 0.3) is 126 Å². The number of furan rings is 1. The first-order chi connectivity index (χ1) is 31.2. The zero-order valence-electron chi connectivity index (χ0n) is 33.6. The van der Waals surface area contributed by atoms with Crippen molar-refractivity contribution in [3.63, 3.8) is 0 Å². The van der Waals surface area contributed by atoms with Gasteiger partial charge >= 0.3 is 0 Å². The topological polar surface area (TPSA) is 53.7 Å². The van der Waals surface area contributed by atoms with Crippen molar-refractivity contribution in [1.29, 1.82) is 0 Å². The van der Waals surface area contributed by atoms with Gasteiger partial charge in [-0.2, -0.15) is 0 Å². The molecule has 6 nitrogen and oxygen atoms in total. The number of fused-ring (bicyclic) bond motifs is 13. The third-order valence-corrected chi connectivity index (χ3v) is 13.9. The molecule has 0 spiro atoms. The molecule has 0 fully saturated rings. The van der Waals surface area contributed by atoms with Gasteiger partial charge in [0.15, 0.2) is 11.6 Å². The van der Waals surface area contributed by atoms with Crippen LogP contribution in [0.2, 0.25) is 0 Å². The molecule has 0 atom stereocenters. The molecule has 0 amide bonds. The number of nitrogens with zero attached hydrogens (tertiary/aromatic N) is 5. The van der Waals surface area contributed by atoms with Gasteiger partial charge in [-0.1, -0.05) is 115 Å². The molecular formula is C56H33N5OS. The first-order valence-corrected chi connectivity index (χ1v) is 22.0. The van der Waals surface area contributed by atoms with E-state index >= 15 is 0 Å². The maximum absolute atomic E-state index is 6.60. The molecule has 0 saturated carbocycles. The Kier molecular flexibility index (Phi) is 7.17. The van der Waals surface area contributed by atoms with Gasteiger partial charge in [-0.05, 0) is 84.9 Å². The third-order valence-electron chi connectivity index (χ3n) is 12.8. The summed E-state index contributed by atoms with van der Waals surface area (Å²) in [5.74, 6) is 1.60. The van der Waals surface area contributed by atoms with Crippen LogP contribution in [0.1, 0.15) is 0 Å². The Morgan fingerprint density at radius 1 is 0.349 bits per heavy atom. The van der Waals surface area contributed by atoms with E-state index in [0.29, 0.717) is 0 Å². The number of hydrogen-bond acceptors (Lipinski definition) is 4. The van der Waals surface area contributed by atoms with Gasteiger partial charge in [0.2, 0.25) is 0 Å². The van der Waals surface area contributed by atoms with Crippen molar-refractivity contribution >= 4 is 97.1 Å². The maximum atomic E-state index is 6.60. The molecule has 9 aromatic carbocycles. The van der Waals surface area contributed by atoms with E-state index in [4.69, 9.17) is 14.6 Å². The summed E-state index contributed by atoms with van der Waals surface area (Å²) in [4.78, 5) is 0. The Bertz CT molecular complexity index is 4090. The van der Waals surface area contributed by atoms with Gasteiger partial charge in [0.25, 0.3) is 0 Å². The van der Waals surface area contributed by atoms with Crippen LogP contribution in [0.3, 0.4) is 0 Å². The molecule has 0 aliphatic rings. The highest BCUT2D eigenvalue weighted by atomic mass is 32.1. The molecule has 5 heterocycles. The van der Waals surface area contributed by atoms with E-state index in [1.165, 1.54) is 30.9 Å². The van der Waals surface area contributed by atoms with Gasteiger partial charge in [-0.3, -0.25) is 4.57 Å². The van der Waals surface area contributed by atoms with Gasteiger partial charge in [-0.25, -0.2) is 0 Å². The molecular weight excluding hydrogens is 791 g/mol. The summed E-state index contributed by atoms with van der Waals surface area (Å²) < 4.78 is 16.1. The van der Waals surface area contributed by atoms with Gasteiger partial charge in [-0.15, -0.1) is 21.5 Å². The van der Waals surface area contributed by atoms with Crippen LogP contribution < -0.4 is 0 Å². The number of rotatable bonds is 5. The number of hydrogen-bond donors (Lipinski definition) is 0. The highest BCUT2D eigenvalue weighted by Crippen LogP contribution is 2.43. The fourth-order valence-electron chi connectivity index (χ4n) is 10.00. The molecule has 0 N–H and O–H groups in total. The van der Waals surface area contributed by atoms with Crippen molar-refractivity contribution < 1.29 is 4.42 Å². The second kappa shape index (κ2) is 13.1. The van der Waals surface area contributed by atoms with Crippen LogP contribution in [0.5, 0.6) is 0 Å². The van der Waals surface area contributed by atoms with Crippen molar-refractivity contribution in [2.24, 2.45) is 0 Å². The van der Waals surface area contributed by atoms with Crippen molar-refractivity contribution in [2.75, 3.05) is 0 Å². The van der Waals surface area contributed by atoms with E-state index in [-0.39, 0.29) is 0 Å². The fraction of sp³-hybridized carbons (Fsp3) is 0. The van der Waals surface area contributed by atoms with Gasteiger partial charge in [0.05, 0.1) is 33.1 Å². The molecule has 0 aliphatic heterocycles. The van der Waals surface area contributed by atoms with E-state index in [1.54, 1.807) is 0 Å². The monoisotopic (exact) mass is 823 g/mol. The van der Waals surface area contributed by atoms with E-state index in [0.717, 1.165) is 94.6 Å². The average Bonchev–Trinajstić information content (AvgIpc) is 4.17. The molecule has 63 heavy (non-hydrogen) atoms.